The summed E-state index contributed by atoms with van der Waals surface area (Å²) < 4.78 is 0. The molecule has 3 aromatic carbocycles. The van der Waals surface area contributed by atoms with Crippen LogP contribution in [0.25, 0.3) is 0 Å². The lowest BCUT2D eigenvalue weighted by Gasteiger charge is -2.45. The number of nitrogens with one attached hydrogen (secondary N) is 3. The molecule has 40 heavy (non-hydrogen) atoms. The second kappa shape index (κ2) is 14.0. The van der Waals surface area contributed by atoms with E-state index in [1.54, 1.807) is 0 Å². The largest absolute Gasteiger partial charge is 0.389 e. The number of carbonyl (C=O) groups excluding carboxylic acids is 1. The molecule has 1 atom stereocenters. The van der Waals surface area contributed by atoms with Crippen LogP contribution in [0.5, 0.6) is 0 Å². The van der Waals surface area contributed by atoms with E-state index in [1.165, 1.54) is 11.1 Å². The van der Waals surface area contributed by atoms with Crippen molar-refractivity contribution in [1.82, 2.24) is 20.4 Å². The Kier molecular flexibility index (Phi) is 10.5. The van der Waals surface area contributed by atoms with Gasteiger partial charge >= 0.3 is 0 Å². The molecule has 7 heteroatoms. The van der Waals surface area contributed by atoms with Crippen molar-refractivity contribution in [3.05, 3.63) is 101 Å². The number of likely N-dealkylation sites (N-methyl/N-ethyl adjacent to an activating group) is 1. The van der Waals surface area contributed by atoms with Gasteiger partial charge in [-0.25, -0.2) is 0 Å². The molecule has 0 bridgehead atoms. The lowest BCUT2D eigenvalue weighted by Crippen LogP contribution is -2.61. The number of likely N-dealkylation sites (tertiary alicyclic amines) is 1. The topological polar surface area (TPSA) is 79.9 Å². The summed E-state index contributed by atoms with van der Waals surface area (Å²) in [5.41, 5.74) is 4.80. The first-order valence-electron chi connectivity index (χ1n) is 14.3. The molecule has 1 unspecified atom stereocenters. The van der Waals surface area contributed by atoms with Gasteiger partial charge in [-0.1, -0.05) is 78.9 Å². The van der Waals surface area contributed by atoms with Gasteiger partial charge in [-0.05, 0) is 63.0 Å². The molecule has 4 N–H and O–H groups in total. The van der Waals surface area contributed by atoms with E-state index in [2.05, 4.69) is 50.0 Å². The summed E-state index contributed by atoms with van der Waals surface area (Å²) >= 11 is 0. The number of anilines is 1. The maximum Gasteiger partial charge on any atom is 0.244 e. The second-order valence-corrected chi connectivity index (χ2v) is 11.2. The van der Waals surface area contributed by atoms with Gasteiger partial charge in [-0.2, -0.15) is 0 Å². The highest BCUT2D eigenvalue weighted by molar-refractivity contribution is 5.99. The zero-order valence-electron chi connectivity index (χ0n) is 24.4. The Morgan fingerprint density at radius 2 is 1.35 bits per heavy atom. The summed E-state index contributed by atoms with van der Waals surface area (Å²) in [7, 11) is 3.98. The average Bonchev–Trinajstić information content (AvgIpc) is 2.96. The van der Waals surface area contributed by atoms with E-state index >= 15 is 0 Å². The number of carbonyl (C=O) groups is 1. The number of amides is 1. The van der Waals surface area contributed by atoms with Gasteiger partial charge in [0.05, 0.1) is 12.3 Å². The minimum atomic E-state index is -0.622. The average molecular weight is 544 g/mol. The quantitative estimate of drug-likeness (QED) is 0.260. The molecule has 0 spiro atoms. The summed E-state index contributed by atoms with van der Waals surface area (Å²) in [5.74, 6) is 0.0435. The van der Waals surface area contributed by atoms with Gasteiger partial charge in [0.25, 0.3) is 0 Å². The Morgan fingerprint density at radius 3 is 1.82 bits per heavy atom. The number of aliphatic hydroxyl groups is 1. The van der Waals surface area contributed by atoms with E-state index in [9.17, 15) is 9.90 Å². The predicted molar refractivity (Wildman–Crippen MR) is 163 cm³/mol. The van der Waals surface area contributed by atoms with E-state index in [4.69, 9.17) is 0 Å². The summed E-state index contributed by atoms with van der Waals surface area (Å²) in [6, 6.07) is 26.6. The normalized spacial score (nSPS) is 16.3. The summed E-state index contributed by atoms with van der Waals surface area (Å²) in [5, 5.41) is 21.7. The molecule has 1 heterocycles. The van der Waals surface area contributed by atoms with Crippen molar-refractivity contribution in [3.63, 3.8) is 0 Å². The third-order valence-electron chi connectivity index (χ3n) is 8.25. The standard InChI is InChI=1S/C33H45N5O2/c1-25-12-11-13-26(2)30(25)36-32(40)33(37(3)4)18-20-38(21-19-33)24-29(39)31(34-22-27-14-7-5-8-15-27)35-23-28-16-9-6-10-17-28/h5-17,29,31,34-35,39H,18-24H2,1-4H3,(H,36,40). The van der Waals surface area contributed by atoms with Gasteiger partial charge in [-0.15, -0.1) is 0 Å². The zero-order valence-corrected chi connectivity index (χ0v) is 24.4. The highest BCUT2D eigenvalue weighted by Crippen LogP contribution is 2.30. The van der Waals surface area contributed by atoms with Crippen molar-refractivity contribution in [3.8, 4) is 0 Å². The number of aliphatic hydroxyl groups excluding tert-OH is 1. The highest BCUT2D eigenvalue weighted by atomic mass is 16.3. The van der Waals surface area contributed by atoms with Crippen LogP contribution in [0.3, 0.4) is 0 Å². The van der Waals surface area contributed by atoms with Crippen molar-refractivity contribution >= 4 is 11.6 Å². The van der Waals surface area contributed by atoms with Gasteiger partial charge in [0.15, 0.2) is 0 Å². The van der Waals surface area contributed by atoms with Gasteiger partial charge < -0.3 is 15.3 Å². The number of nitrogens with zero attached hydrogens (tertiary/aromatic N) is 2. The molecule has 0 radical (unpaired) electrons. The molecular formula is C33H45N5O2. The molecule has 0 aromatic heterocycles. The third kappa shape index (κ3) is 7.56. The van der Waals surface area contributed by atoms with Crippen LogP contribution in [0, 0.1) is 13.8 Å². The van der Waals surface area contributed by atoms with Crippen LogP contribution >= 0.6 is 0 Å². The molecule has 1 saturated heterocycles. The van der Waals surface area contributed by atoms with Crippen LogP contribution in [0.1, 0.15) is 35.1 Å². The number of hydrogen-bond donors (Lipinski definition) is 4. The van der Waals surface area contributed by atoms with Crippen LogP contribution < -0.4 is 16.0 Å². The van der Waals surface area contributed by atoms with Gasteiger partial charge in [0, 0.05) is 38.4 Å². The Balaban J connectivity index is 1.38. The Bertz CT molecular complexity index is 1150. The molecule has 1 aliphatic heterocycles. The molecule has 0 saturated carbocycles. The van der Waals surface area contributed by atoms with Gasteiger partial charge in [-0.3, -0.25) is 20.3 Å². The van der Waals surface area contributed by atoms with E-state index < -0.39 is 11.6 Å². The van der Waals surface area contributed by atoms with Crippen molar-refractivity contribution < 1.29 is 9.90 Å². The van der Waals surface area contributed by atoms with Crippen molar-refractivity contribution in [2.45, 2.75) is 57.6 Å². The Morgan fingerprint density at radius 1 is 0.850 bits per heavy atom. The Hall–Kier alpha value is -3.07. The maximum absolute atomic E-state index is 13.7. The van der Waals surface area contributed by atoms with Crippen molar-refractivity contribution in [1.29, 1.82) is 0 Å². The van der Waals surface area contributed by atoms with E-state index in [-0.39, 0.29) is 12.1 Å². The molecule has 3 aromatic rings. The SMILES string of the molecule is Cc1cccc(C)c1NC(=O)C1(N(C)C)CCN(CC(O)C(NCc2ccccc2)NCc2ccccc2)CC1. The lowest BCUT2D eigenvalue weighted by atomic mass is 9.84. The predicted octanol–water partition coefficient (Wildman–Crippen LogP) is 3.90. The molecular weight excluding hydrogens is 498 g/mol. The van der Waals surface area contributed by atoms with E-state index in [1.807, 2.05) is 82.5 Å². The third-order valence-corrected chi connectivity index (χ3v) is 8.25. The maximum atomic E-state index is 13.7. The van der Waals surface area contributed by atoms with E-state index in [0.29, 0.717) is 32.5 Å². The van der Waals surface area contributed by atoms with Crippen molar-refractivity contribution in [2.24, 2.45) is 0 Å². The van der Waals surface area contributed by atoms with Gasteiger partial charge in [0.2, 0.25) is 5.91 Å². The fraction of sp³-hybridized carbons (Fsp3) is 0.424. The van der Waals surface area contributed by atoms with Crippen molar-refractivity contribution in [2.75, 3.05) is 39.0 Å². The fourth-order valence-corrected chi connectivity index (χ4v) is 5.59. The van der Waals surface area contributed by atoms with E-state index in [0.717, 1.165) is 29.9 Å². The monoisotopic (exact) mass is 543 g/mol. The van der Waals surface area contributed by atoms with Crippen LogP contribution in [0.2, 0.25) is 0 Å². The molecule has 1 aliphatic rings. The summed E-state index contributed by atoms with van der Waals surface area (Å²) in [6.07, 6.45) is 0.488. The number of aryl methyl sites for hydroxylation is 2. The first-order valence-corrected chi connectivity index (χ1v) is 14.3. The molecule has 0 aliphatic carbocycles. The first-order chi connectivity index (χ1) is 19.3. The second-order valence-electron chi connectivity index (χ2n) is 11.2. The minimum absolute atomic E-state index is 0.0435. The molecule has 1 fully saturated rings. The summed E-state index contributed by atoms with van der Waals surface area (Å²) in [4.78, 5) is 18.0. The number of β-amino-alcohol motifs (C(OH)–C–C–N with tert-alkyl or cyclic N) is 1. The minimum Gasteiger partial charge on any atom is -0.389 e. The van der Waals surface area contributed by atoms with Crippen LogP contribution in [-0.4, -0.2) is 72.4 Å². The molecule has 214 valence electrons. The Labute approximate surface area is 239 Å². The van der Waals surface area contributed by atoms with Crippen LogP contribution in [0.15, 0.2) is 78.9 Å². The molecule has 7 nitrogen and oxygen atoms in total. The molecule has 4 rings (SSSR count). The fourth-order valence-electron chi connectivity index (χ4n) is 5.59. The number of piperidine rings is 1. The van der Waals surface area contributed by atoms with Crippen LogP contribution in [0.4, 0.5) is 5.69 Å². The zero-order chi connectivity index (χ0) is 28.5. The molecule has 1 amide bonds. The smallest absolute Gasteiger partial charge is 0.244 e. The van der Waals surface area contributed by atoms with Crippen LogP contribution in [-0.2, 0) is 17.9 Å². The lowest BCUT2D eigenvalue weighted by molar-refractivity contribution is -0.130. The number of hydrogen-bond acceptors (Lipinski definition) is 6. The highest BCUT2D eigenvalue weighted by Gasteiger charge is 2.44. The first kappa shape index (κ1) is 29.9. The van der Waals surface area contributed by atoms with Gasteiger partial charge in [0.1, 0.15) is 5.54 Å². The number of rotatable bonds is 12. The number of para-hydroxylation sites is 1. The number of benzene rings is 3. The summed E-state index contributed by atoms with van der Waals surface area (Å²) in [6.45, 7) is 7.38.